The number of nitrogens with zero attached hydrogens (tertiary/aromatic N) is 2. The van der Waals surface area contributed by atoms with Crippen molar-refractivity contribution in [2.24, 2.45) is 5.41 Å². The maximum absolute atomic E-state index is 5.91. The predicted octanol–water partition coefficient (Wildman–Crippen LogP) is 4.36. The van der Waals surface area contributed by atoms with Crippen LogP contribution in [0.15, 0.2) is 6.07 Å². The van der Waals surface area contributed by atoms with Crippen molar-refractivity contribution < 1.29 is 0 Å². The first-order valence-corrected chi connectivity index (χ1v) is 7.45. The number of hydrogen-bond donors (Lipinski definition) is 1. The van der Waals surface area contributed by atoms with Crippen LogP contribution >= 0.6 is 11.6 Å². The summed E-state index contributed by atoms with van der Waals surface area (Å²) >= 11 is 5.91. The molecule has 0 aromatic carbocycles. The molecule has 0 spiro atoms. The van der Waals surface area contributed by atoms with Gasteiger partial charge in [-0.15, -0.1) is 11.6 Å². The van der Waals surface area contributed by atoms with Crippen molar-refractivity contribution in [2.75, 3.05) is 11.2 Å². The van der Waals surface area contributed by atoms with Crippen molar-refractivity contribution >= 4 is 17.4 Å². The lowest BCUT2D eigenvalue weighted by Crippen LogP contribution is -2.34. The number of hydrogen-bond acceptors (Lipinski definition) is 3. The molecule has 0 amide bonds. The van der Waals surface area contributed by atoms with E-state index in [4.69, 9.17) is 11.6 Å². The standard InChI is InChI=1S/C15H26ClN3/c1-10(2)14-17-11(3)9-13(19-14)18-12(7-8-16)15(4,5)6/h9-10,12H,7-8H2,1-6H3,(H,17,18,19). The fourth-order valence-electron chi connectivity index (χ4n) is 1.93. The molecule has 108 valence electrons. The van der Waals surface area contributed by atoms with Crippen LogP contribution < -0.4 is 5.32 Å². The third kappa shape index (κ3) is 4.98. The molecular weight excluding hydrogens is 258 g/mol. The molecule has 0 radical (unpaired) electrons. The van der Waals surface area contributed by atoms with Gasteiger partial charge in [0.1, 0.15) is 11.6 Å². The number of alkyl halides is 1. The fraction of sp³-hybridized carbons (Fsp3) is 0.733. The van der Waals surface area contributed by atoms with Crippen LogP contribution in [0.25, 0.3) is 0 Å². The highest BCUT2D eigenvalue weighted by atomic mass is 35.5. The predicted molar refractivity (Wildman–Crippen MR) is 83.1 cm³/mol. The summed E-state index contributed by atoms with van der Waals surface area (Å²) in [5.74, 6) is 2.78. The first-order chi connectivity index (χ1) is 8.74. The van der Waals surface area contributed by atoms with Crippen molar-refractivity contribution in [3.8, 4) is 0 Å². The van der Waals surface area contributed by atoms with Crippen LogP contribution in [-0.4, -0.2) is 21.9 Å². The number of aryl methyl sites for hydroxylation is 1. The van der Waals surface area contributed by atoms with Gasteiger partial charge in [-0.2, -0.15) is 0 Å². The average Bonchev–Trinajstić information content (AvgIpc) is 2.26. The summed E-state index contributed by atoms with van der Waals surface area (Å²) in [6, 6.07) is 2.30. The van der Waals surface area contributed by atoms with E-state index in [-0.39, 0.29) is 5.41 Å². The van der Waals surface area contributed by atoms with Crippen molar-refractivity contribution in [1.29, 1.82) is 0 Å². The number of rotatable bonds is 5. The third-order valence-electron chi connectivity index (χ3n) is 3.15. The molecule has 0 aliphatic rings. The summed E-state index contributed by atoms with van der Waals surface area (Å²) in [4.78, 5) is 9.07. The Kier molecular flexibility index (Phi) is 5.60. The third-order valence-corrected chi connectivity index (χ3v) is 3.37. The molecule has 3 nitrogen and oxygen atoms in total. The molecule has 1 aromatic rings. The van der Waals surface area contributed by atoms with Gasteiger partial charge in [-0.3, -0.25) is 0 Å². The summed E-state index contributed by atoms with van der Waals surface area (Å²) in [6.07, 6.45) is 0.922. The van der Waals surface area contributed by atoms with E-state index in [1.54, 1.807) is 0 Å². The van der Waals surface area contributed by atoms with Gasteiger partial charge in [-0.05, 0) is 18.8 Å². The van der Waals surface area contributed by atoms with E-state index in [1.165, 1.54) is 0 Å². The number of aromatic nitrogens is 2. The molecule has 1 N–H and O–H groups in total. The highest BCUT2D eigenvalue weighted by Crippen LogP contribution is 2.26. The summed E-state index contributed by atoms with van der Waals surface area (Å²) in [7, 11) is 0. The molecule has 0 saturated heterocycles. The topological polar surface area (TPSA) is 37.8 Å². The lowest BCUT2D eigenvalue weighted by atomic mass is 9.85. The Morgan fingerprint density at radius 3 is 2.37 bits per heavy atom. The molecule has 1 rings (SSSR count). The highest BCUT2D eigenvalue weighted by Gasteiger charge is 2.24. The number of nitrogens with one attached hydrogen (secondary N) is 1. The summed E-state index contributed by atoms with van der Waals surface area (Å²) in [6.45, 7) is 12.9. The molecule has 19 heavy (non-hydrogen) atoms. The smallest absolute Gasteiger partial charge is 0.133 e. The molecule has 0 saturated carbocycles. The summed E-state index contributed by atoms with van der Waals surface area (Å²) in [5.41, 5.74) is 1.14. The Labute approximate surface area is 122 Å². The Hall–Kier alpha value is -0.830. The molecular formula is C15H26ClN3. The van der Waals surface area contributed by atoms with E-state index < -0.39 is 0 Å². The van der Waals surface area contributed by atoms with Crippen molar-refractivity contribution in [3.63, 3.8) is 0 Å². The molecule has 0 fully saturated rings. The molecule has 0 aliphatic carbocycles. The first-order valence-electron chi connectivity index (χ1n) is 6.92. The van der Waals surface area contributed by atoms with Crippen LogP contribution in [0.2, 0.25) is 0 Å². The summed E-state index contributed by atoms with van der Waals surface area (Å²) < 4.78 is 0. The maximum atomic E-state index is 5.91. The molecule has 1 unspecified atom stereocenters. The summed E-state index contributed by atoms with van der Waals surface area (Å²) in [5, 5.41) is 3.52. The zero-order valence-corrected chi connectivity index (χ0v) is 13.7. The van der Waals surface area contributed by atoms with Crippen LogP contribution in [0.1, 0.15) is 58.5 Å². The van der Waals surface area contributed by atoms with E-state index in [0.29, 0.717) is 17.8 Å². The fourth-order valence-corrected chi connectivity index (χ4v) is 2.15. The number of anilines is 1. The zero-order chi connectivity index (χ0) is 14.6. The Morgan fingerprint density at radius 2 is 1.89 bits per heavy atom. The van der Waals surface area contributed by atoms with Crippen LogP contribution in [-0.2, 0) is 0 Å². The zero-order valence-electron chi connectivity index (χ0n) is 12.9. The van der Waals surface area contributed by atoms with Crippen molar-refractivity contribution in [3.05, 3.63) is 17.6 Å². The van der Waals surface area contributed by atoms with Crippen LogP contribution in [0.4, 0.5) is 5.82 Å². The molecule has 4 heteroatoms. The van der Waals surface area contributed by atoms with Crippen LogP contribution in [0, 0.1) is 12.3 Å². The minimum atomic E-state index is 0.145. The average molecular weight is 284 g/mol. The van der Waals surface area contributed by atoms with Crippen molar-refractivity contribution in [1.82, 2.24) is 9.97 Å². The molecule has 1 heterocycles. The first kappa shape index (κ1) is 16.2. The van der Waals surface area contributed by atoms with Gasteiger partial charge >= 0.3 is 0 Å². The quantitative estimate of drug-likeness (QED) is 0.816. The van der Waals surface area contributed by atoms with Gasteiger partial charge in [0, 0.05) is 29.6 Å². The second-order valence-electron chi connectivity index (χ2n) is 6.45. The minimum absolute atomic E-state index is 0.145. The van der Waals surface area contributed by atoms with E-state index >= 15 is 0 Å². The van der Waals surface area contributed by atoms with Gasteiger partial charge in [0.15, 0.2) is 0 Å². The second kappa shape index (κ2) is 6.56. The van der Waals surface area contributed by atoms with Gasteiger partial charge in [0.25, 0.3) is 0 Å². The van der Waals surface area contributed by atoms with Crippen LogP contribution in [0.3, 0.4) is 0 Å². The normalized spacial score (nSPS) is 13.7. The van der Waals surface area contributed by atoms with Gasteiger partial charge in [-0.1, -0.05) is 34.6 Å². The highest BCUT2D eigenvalue weighted by molar-refractivity contribution is 6.17. The monoisotopic (exact) mass is 283 g/mol. The molecule has 1 aromatic heterocycles. The minimum Gasteiger partial charge on any atom is -0.367 e. The Bertz CT molecular complexity index is 410. The Morgan fingerprint density at radius 1 is 1.26 bits per heavy atom. The second-order valence-corrected chi connectivity index (χ2v) is 6.83. The largest absolute Gasteiger partial charge is 0.367 e. The Balaban J connectivity index is 2.96. The van der Waals surface area contributed by atoms with Gasteiger partial charge < -0.3 is 5.32 Å². The number of halogens is 1. The van der Waals surface area contributed by atoms with E-state index in [1.807, 2.05) is 13.0 Å². The van der Waals surface area contributed by atoms with Gasteiger partial charge in [-0.25, -0.2) is 9.97 Å². The van der Waals surface area contributed by atoms with Crippen LogP contribution in [0.5, 0.6) is 0 Å². The van der Waals surface area contributed by atoms with E-state index in [9.17, 15) is 0 Å². The lowest BCUT2D eigenvalue weighted by Gasteiger charge is -2.31. The lowest BCUT2D eigenvalue weighted by molar-refractivity contribution is 0.334. The SMILES string of the molecule is Cc1cc(NC(CCCl)C(C)(C)C)nc(C(C)C)n1. The van der Waals surface area contributed by atoms with Gasteiger partial charge in [0.05, 0.1) is 0 Å². The molecule has 0 aliphatic heterocycles. The van der Waals surface area contributed by atoms with E-state index in [2.05, 4.69) is 49.9 Å². The van der Waals surface area contributed by atoms with Crippen molar-refractivity contribution in [2.45, 2.75) is 59.9 Å². The maximum Gasteiger partial charge on any atom is 0.133 e. The van der Waals surface area contributed by atoms with E-state index in [0.717, 1.165) is 23.8 Å². The molecule has 1 atom stereocenters. The van der Waals surface area contributed by atoms with Gasteiger partial charge in [0.2, 0.25) is 0 Å². The molecule has 0 bridgehead atoms.